The Hall–Kier alpha value is -1.16. The summed E-state index contributed by atoms with van der Waals surface area (Å²) in [6.45, 7) is 1.93. The second-order valence-corrected chi connectivity index (χ2v) is 4.58. The van der Waals surface area contributed by atoms with Crippen LogP contribution in [0.25, 0.3) is 0 Å². The predicted octanol–water partition coefficient (Wildman–Crippen LogP) is 3.14. The summed E-state index contributed by atoms with van der Waals surface area (Å²) < 4.78 is 0. The van der Waals surface area contributed by atoms with E-state index in [4.69, 9.17) is 28.9 Å². The van der Waals surface area contributed by atoms with Crippen LogP contribution in [-0.4, -0.2) is 9.97 Å². The molecule has 1 heterocycles. The Balaban J connectivity index is 2.33. The third-order valence-corrected chi connectivity index (χ3v) is 3.12. The molecule has 88 valence electrons. The SMILES string of the molecule is Cc1cnc(C(N)c2ccc(Cl)c(Cl)c2)nc1. The third kappa shape index (κ3) is 2.75. The zero-order valence-electron chi connectivity index (χ0n) is 9.19. The van der Waals surface area contributed by atoms with Gasteiger partial charge >= 0.3 is 0 Å². The molecule has 0 aliphatic carbocycles. The molecule has 2 N–H and O–H groups in total. The summed E-state index contributed by atoms with van der Waals surface area (Å²) in [5, 5.41) is 0.985. The summed E-state index contributed by atoms with van der Waals surface area (Å²) >= 11 is 11.8. The second kappa shape index (κ2) is 5.00. The number of halogens is 2. The fourth-order valence-electron chi connectivity index (χ4n) is 1.42. The van der Waals surface area contributed by atoms with Gasteiger partial charge in [0, 0.05) is 12.4 Å². The second-order valence-electron chi connectivity index (χ2n) is 3.77. The molecule has 0 radical (unpaired) electrons. The summed E-state index contributed by atoms with van der Waals surface area (Å²) in [4.78, 5) is 8.39. The molecular formula is C12H11Cl2N3. The minimum Gasteiger partial charge on any atom is -0.318 e. The van der Waals surface area contributed by atoms with Gasteiger partial charge in [0.05, 0.1) is 16.1 Å². The van der Waals surface area contributed by atoms with Crippen molar-refractivity contribution in [3.8, 4) is 0 Å². The van der Waals surface area contributed by atoms with Crippen LogP contribution in [0.4, 0.5) is 0 Å². The molecule has 17 heavy (non-hydrogen) atoms. The molecule has 1 unspecified atom stereocenters. The van der Waals surface area contributed by atoms with E-state index >= 15 is 0 Å². The predicted molar refractivity (Wildman–Crippen MR) is 69.3 cm³/mol. The minimum absolute atomic E-state index is 0.398. The molecule has 2 rings (SSSR count). The Labute approximate surface area is 110 Å². The van der Waals surface area contributed by atoms with Crippen LogP contribution in [0.5, 0.6) is 0 Å². The molecule has 5 heteroatoms. The van der Waals surface area contributed by atoms with Crippen molar-refractivity contribution in [1.82, 2.24) is 9.97 Å². The van der Waals surface area contributed by atoms with Gasteiger partial charge in [-0.2, -0.15) is 0 Å². The van der Waals surface area contributed by atoms with Crippen molar-refractivity contribution >= 4 is 23.2 Å². The quantitative estimate of drug-likeness (QED) is 0.910. The summed E-state index contributed by atoms with van der Waals surface area (Å²) in [5.41, 5.74) is 7.89. The van der Waals surface area contributed by atoms with Gasteiger partial charge in [0.1, 0.15) is 5.82 Å². The van der Waals surface area contributed by atoms with Gasteiger partial charge in [0.25, 0.3) is 0 Å². The number of aryl methyl sites for hydroxylation is 1. The van der Waals surface area contributed by atoms with Crippen LogP contribution in [-0.2, 0) is 0 Å². The van der Waals surface area contributed by atoms with Gasteiger partial charge in [-0.05, 0) is 30.2 Å². The smallest absolute Gasteiger partial charge is 0.149 e. The maximum absolute atomic E-state index is 6.06. The zero-order valence-corrected chi connectivity index (χ0v) is 10.7. The first-order chi connectivity index (χ1) is 8.08. The zero-order chi connectivity index (χ0) is 12.4. The van der Waals surface area contributed by atoms with Crippen molar-refractivity contribution in [2.45, 2.75) is 13.0 Å². The fourth-order valence-corrected chi connectivity index (χ4v) is 1.72. The highest BCUT2D eigenvalue weighted by Gasteiger charge is 2.12. The van der Waals surface area contributed by atoms with Crippen molar-refractivity contribution in [2.24, 2.45) is 5.73 Å². The minimum atomic E-state index is -0.398. The van der Waals surface area contributed by atoms with E-state index < -0.39 is 6.04 Å². The van der Waals surface area contributed by atoms with Crippen molar-refractivity contribution in [1.29, 1.82) is 0 Å². The van der Waals surface area contributed by atoms with E-state index in [1.54, 1.807) is 24.5 Å². The van der Waals surface area contributed by atoms with Crippen LogP contribution in [0.3, 0.4) is 0 Å². The molecule has 0 aliphatic rings. The first kappa shape index (κ1) is 12.3. The van der Waals surface area contributed by atoms with E-state index in [1.165, 1.54) is 0 Å². The highest BCUT2D eigenvalue weighted by atomic mass is 35.5. The molecule has 2 aromatic rings. The summed E-state index contributed by atoms with van der Waals surface area (Å²) in [6.07, 6.45) is 3.47. The van der Waals surface area contributed by atoms with Crippen molar-refractivity contribution in [3.63, 3.8) is 0 Å². The summed E-state index contributed by atoms with van der Waals surface area (Å²) in [7, 11) is 0. The number of nitrogens with zero attached hydrogens (tertiary/aromatic N) is 2. The molecule has 0 spiro atoms. The molecule has 3 nitrogen and oxygen atoms in total. The lowest BCUT2D eigenvalue weighted by Gasteiger charge is -2.11. The molecular weight excluding hydrogens is 257 g/mol. The molecule has 0 bridgehead atoms. The van der Waals surface area contributed by atoms with Crippen LogP contribution < -0.4 is 5.73 Å². The van der Waals surface area contributed by atoms with Gasteiger partial charge in [0.2, 0.25) is 0 Å². The highest BCUT2D eigenvalue weighted by Crippen LogP contribution is 2.26. The number of aromatic nitrogens is 2. The van der Waals surface area contributed by atoms with E-state index in [1.807, 2.05) is 13.0 Å². The lowest BCUT2D eigenvalue weighted by atomic mass is 10.1. The number of benzene rings is 1. The summed E-state index contributed by atoms with van der Waals surface area (Å²) in [6, 6.07) is 4.87. The van der Waals surface area contributed by atoms with E-state index in [9.17, 15) is 0 Å². The topological polar surface area (TPSA) is 51.8 Å². The number of rotatable bonds is 2. The molecule has 1 atom stereocenters. The average molecular weight is 268 g/mol. The fraction of sp³-hybridized carbons (Fsp3) is 0.167. The Bertz CT molecular complexity index is 526. The Morgan fingerprint density at radius 1 is 1.12 bits per heavy atom. The maximum Gasteiger partial charge on any atom is 0.149 e. The van der Waals surface area contributed by atoms with Gasteiger partial charge in [-0.1, -0.05) is 29.3 Å². The van der Waals surface area contributed by atoms with Crippen molar-refractivity contribution in [2.75, 3.05) is 0 Å². The van der Waals surface area contributed by atoms with E-state index in [2.05, 4.69) is 9.97 Å². The standard InChI is InChI=1S/C12H11Cl2N3/c1-7-5-16-12(17-6-7)11(15)8-2-3-9(13)10(14)4-8/h2-6,11H,15H2,1H3. The molecule has 0 amide bonds. The Morgan fingerprint density at radius 3 is 2.35 bits per heavy atom. The highest BCUT2D eigenvalue weighted by molar-refractivity contribution is 6.42. The normalized spacial score (nSPS) is 12.5. The first-order valence-electron chi connectivity index (χ1n) is 5.07. The molecule has 1 aromatic carbocycles. The number of nitrogens with two attached hydrogens (primary N) is 1. The molecule has 0 fully saturated rings. The maximum atomic E-state index is 6.06. The van der Waals surface area contributed by atoms with Gasteiger partial charge in [0.15, 0.2) is 0 Å². The first-order valence-corrected chi connectivity index (χ1v) is 5.82. The van der Waals surface area contributed by atoms with Crippen LogP contribution in [0.2, 0.25) is 10.0 Å². The molecule has 1 aromatic heterocycles. The van der Waals surface area contributed by atoms with Crippen LogP contribution in [0.15, 0.2) is 30.6 Å². The van der Waals surface area contributed by atoms with E-state index in [0.717, 1.165) is 11.1 Å². The lowest BCUT2D eigenvalue weighted by molar-refractivity contribution is 0.777. The average Bonchev–Trinajstić information content (AvgIpc) is 2.33. The monoisotopic (exact) mass is 267 g/mol. The van der Waals surface area contributed by atoms with Crippen molar-refractivity contribution < 1.29 is 0 Å². The van der Waals surface area contributed by atoms with Gasteiger partial charge in [-0.3, -0.25) is 0 Å². The van der Waals surface area contributed by atoms with Crippen LogP contribution in [0, 0.1) is 6.92 Å². The summed E-state index contributed by atoms with van der Waals surface area (Å²) in [5.74, 6) is 0.564. The van der Waals surface area contributed by atoms with Crippen LogP contribution >= 0.6 is 23.2 Å². The molecule has 0 saturated heterocycles. The molecule has 0 aliphatic heterocycles. The molecule has 0 saturated carbocycles. The number of hydrogen-bond donors (Lipinski definition) is 1. The Morgan fingerprint density at radius 2 is 1.76 bits per heavy atom. The largest absolute Gasteiger partial charge is 0.318 e. The van der Waals surface area contributed by atoms with Gasteiger partial charge in [-0.25, -0.2) is 9.97 Å². The van der Waals surface area contributed by atoms with Gasteiger partial charge < -0.3 is 5.73 Å². The number of hydrogen-bond acceptors (Lipinski definition) is 3. The Kier molecular flexibility index (Phi) is 3.62. The van der Waals surface area contributed by atoms with E-state index in [-0.39, 0.29) is 0 Å². The third-order valence-electron chi connectivity index (χ3n) is 2.38. The lowest BCUT2D eigenvalue weighted by Crippen LogP contribution is -2.15. The van der Waals surface area contributed by atoms with E-state index in [0.29, 0.717) is 15.9 Å². The van der Waals surface area contributed by atoms with Gasteiger partial charge in [-0.15, -0.1) is 0 Å². The van der Waals surface area contributed by atoms with Crippen LogP contribution in [0.1, 0.15) is 23.0 Å². The van der Waals surface area contributed by atoms with Crippen molar-refractivity contribution in [3.05, 3.63) is 57.6 Å².